The molecule has 0 spiro atoms. The third kappa shape index (κ3) is 1.92. The molecule has 0 unspecified atom stereocenters. The van der Waals surface area contributed by atoms with Gasteiger partial charge in [0, 0.05) is 0 Å². The maximum Gasteiger partial charge on any atom is 0.286 e. The molecule has 0 rings (SSSR count). The molecule has 66 valence electrons. The van der Waals surface area contributed by atoms with Crippen molar-refractivity contribution in [3.8, 4) is 0 Å². The van der Waals surface area contributed by atoms with Crippen LogP contribution in [0.4, 0.5) is 13.2 Å². The summed E-state index contributed by atoms with van der Waals surface area (Å²) in [4.78, 5) is -0.458. The zero-order valence-corrected chi connectivity index (χ0v) is 7.57. The Hall–Kier alpha value is -0.120. The summed E-state index contributed by atoms with van der Waals surface area (Å²) >= 11 is 4.33. The van der Waals surface area contributed by atoms with Crippen LogP contribution >= 0.6 is 12.2 Å². The second kappa shape index (κ2) is 3.09. The van der Waals surface area contributed by atoms with Crippen molar-refractivity contribution in [1.29, 1.82) is 0 Å². The highest BCUT2D eigenvalue weighted by Crippen LogP contribution is 2.37. The number of alkyl halides is 3. The van der Waals surface area contributed by atoms with Crippen molar-refractivity contribution in [3.05, 3.63) is 0 Å². The highest BCUT2D eigenvalue weighted by Gasteiger charge is 2.48. The van der Waals surface area contributed by atoms with Crippen LogP contribution < -0.4 is 0 Å². The third-order valence-corrected chi connectivity index (χ3v) is 1.88. The Kier molecular flexibility index (Phi) is 3.06. The first-order chi connectivity index (χ1) is 4.75. The Morgan fingerprint density at radius 1 is 1.36 bits per heavy atom. The summed E-state index contributed by atoms with van der Waals surface area (Å²) in [7, 11) is 0. The van der Waals surface area contributed by atoms with Gasteiger partial charge in [-0.05, 0) is 6.92 Å². The summed E-state index contributed by atoms with van der Waals surface area (Å²) in [5, 5.41) is 0. The molecule has 0 aromatic carbocycles. The van der Waals surface area contributed by atoms with Crippen LogP contribution in [0.25, 0.3) is 0 Å². The first-order valence-electron chi connectivity index (χ1n) is 3.20. The van der Waals surface area contributed by atoms with E-state index < -0.39 is 22.9 Å². The summed E-state index contributed by atoms with van der Waals surface area (Å²) in [6.45, 7) is 2.37. The molecular weight excluding hydrogens is 173 g/mol. The number of hydrogen-bond acceptors (Lipinski definition) is 1. The lowest BCUT2D eigenvalue weighted by Crippen LogP contribution is -2.43. The van der Waals surface area contributed by atoms with Crippen LogP contribution in [-0.2, 0) is 0 Å². The van der Waals surface area contributed by atoms with Crippen molar-refractivity contribution in [2.24, 2.45) is 5.41 Å². The van der Waals surface area contributed by atoms with Crippen molar-refractivity contribution in [3.63, 3.8) is 0 Å². The number of thiocarbonyl (C=S) groups is 1. The highest BCUT2D eigenvalue weighted by molar-refractivity contribution is 7.80. The molecule has 4 heteroatoms. The quantitative estimate of drug-likeness (QED) is 0.607. The summed E-state index contributed by atoms with van der Waals surface area (Å²) in [6.07, 6.45) is 0. The van der Waals surface area contributed by atoms with E-state index in [1.54, 1.807) is 0 Å². The zero-order chi connectivity index (χ0) is 9.28. The van der Waals surface area contributed by atoms with Gasteiger partial charge in [-0.2, -0.15) is 0 Å². The van der Waals surface area contributed by atoms with Gasteiger partial charge in [-0.3, -0.25) is 4.39 Å². The van der Waals surface area contributed by atoms with Crippen molar-refractivity contribution in [1.82, 2.24) is 0 Å². The molecule has 0 atom stereocenters. The normalized spacial score (nSPS) is 13.3. The lowest BCUT2D eigenvalue weighted by atomic mass is 9.85. The molecule has 0 radical (unpaired) electrons. The molecule has 0 fully saturated rings. The van der Waals surface area contributed by atoms with E-state index in [9.17, 15) is 13.2 Å². The lowest BCUT2D eigenvalue weighted by molar-refractivity contribution is -0.0508. The summed E-state index contributed by atoms with van der Waals surface area (Å²) in [5.74, 6) is -3.20. The summed E-state index contributed by atoms with van der Waals surface area (Å²) in [5.41, 5.74) is -1.68. The van der Waals surface area contributed by atoms with Crippen LogP contribution in [0.1, 0.15) is 20.8 Å². The lowest BCUT2D eigenvalue weighted by Gasteiger charge is -2.30. The zero-order valence-electron chi connectivity index (χ0n) is 6.75. The van der Waals surface area contributed by atoms with Crippen LogP contribution in [0.5, 0.6) is 0 Å². The van der Waals surface area contributed by atoms with Crippen LogP contribution in [0, 0.1) is 5.41 Å². The van der Waals surface area contributed by atoms with Gasteiger partial charge in [0.2, 0.25) is 0 Å². The van der Waals surface area contributed by atoms with Gasteiger partial charge in [0.05, 0.1) is 10.3 Å². The SMILES string of the molecule is CC(=S)C(F)(F)C(C)(C)CF. The Labute approximate surface area is 69.8 Å². The van der Waals surface area contributed by atoms with Crippen LogP contribution in [-0.4, -0.2) is 17.5 Å². The summed E-state index contributed by atoms with van der Waals surface area (Å²) < 4.78 is 38.0. The molecule has 0 N–H and O–H groups in total. The van der Waals surface area contributed by atoms with Crippen molar-refractivity contribution >= 4 is 17.1 Å². The molecule has 11 heavy (non-hydrogen) atoms. The third-order valence-electron chi connectivity index (χ3n) is 1.63. The maximum atomic E-state index is 12.9. The fourth-order valence-corrected chi connectivity index (χ4v) is 0.837. The monoisotopic (exact) mass is 184 g/mol. The van der Waals surface area contributed by atoms with Crippen LogP contribution in [0.2, 0.25) is 0 Å². The molecule has 0 aromatic heterocycles. The number of hydrogen-bond donors (Lipinski definition) is 0. The topological polar surface area (TPSA) is 0 Å². The number of rotatable bonds is 3. The van der Waals surface area contributed by atoms with E-state index in [1.165, 1.54) is 0 Å². The van der Waals surface area contributed by atoms with Crippen molar-refractivity contribution < 1.29 is 13.2 Å². The fraction of sp³-hybridized carbons (Fsp3) is 0.857. The predicted molar refractivity (Wildman–Crippen MR) is 43.0 cm³/mol. The molecule has 0 heterocycles. The molecule has 0 aliphatic carbocycles. The highest BCUT2D eigenvalue weighted by atomic mass is 32.1. The molecule has 0 aliphatic heterocycles. The van der Waals surface area contributed by atoms with Gasteiger partial charge in [0.25, 0.3) is 5.92 Å². The number of halogens is 3. The molecule has 0 nitrogen and oxygen atoms in total. The fourth-order valence-electron chi connectivity index (χ4n) is 0.560. The first-order valence-corrected chi connectivity index (χ1v) is 3.61. The standard InChI is InChI=1S/C7H11F3S/c1-5(11)7(9,10)6(2,3)4-8/h4H2,1-3H3. The molecule has 0 bridgehead atoms. The Balaban J connectivity index is 4.67. The van der Waals surface area contributed by atoms with Crippen LogP contribution in [0.15, 0.2) is 0 Å². The minimum Gasteiger partial charge on any atom is -0.250 e. The van der Waals surface area contributed by atoms with Crippen molar-refractivity contribution in [2.45, 2.75) is 26.7 Å². The van der Waals surface area contributed by atoms with Gasteiger partial charge >= 0.3 is 0 Å². The first kappa shape index (κ1) is 10.9. The smallest absolute Gasteiger partial charge is 0.250 e. The van der Waals surface area contributed by atoms with E-state index in [0.29, 0.717) is 0 Å². The van der Waals surface area contributed by atoms with Gasteiger partial charge in [0.1, 0.15) is 6.67 Å². The second-order valence-corrected chi connectivity index (χ2v) is 3.76. The second-order valence-electron chi connectivity index (χ2n) is 3.15. The molecule has 0 saturated heterocycles. The largest absolute Gasteiger partial charge is 0.286 e. The maximum absolute atomic E-state index is 12.9. The summed E-state index contributed by atoms with van der Waals surface area (Å²) in [6, 6.07) is 0. The molecule has 0 aliphatic rings. The van der Waals surface area contributed by atoms with Gasteiger partial charge in [-0.25, -0.2) is 8.78 Å². The Morgan fingerprint density at radius 2 is 1.73 bits per heavy atom. The molecule has 0 aromatic rings. The van der Waals surface area contributed by atoms with Crippen LogP contribution in [0.3, 0.4) is 0 Å². The minimum atomic E-state index is -3.20. The van der Waals surface area contributed by atoms with E-state index in [4.69, 9.17) is 0 Å². The predicted octanol–water partition coefficient (Wildman–Crippen LogP) is 3.01. The average molecular weight is 184 g/mol. The van der Waals surface area contributed by atoms with E-state index in [2.05, 4.69) is 12.2 Å². The molecule has 0 saturated carbocycles. The Bertz CT molecular complexity index is 163. The van der Waals surface area contributed by atoms with Gasteiger partial charge in [0.15, 0.2) is 0 Å². The Morgan fingerprint density at radius 3 is 1.82 bits per heavy atom. The molecule has 0 amide bonds. The van der Waals surface area contributed by atoms with Crippen molar-refractivity contribution in [2.75, 3.05) is 6.67 Å². The average Bonchev–Trinajstić information content (AvgIpc) is 1.87. The van der Waals surface area contributed by atoms with E-state index in [-0.39, 0.29) is 0 Å². The van der Waals surface area contributed by atoms with E-state index in [0.717, 1.165) is 20.8 Å². The molecular formula is C7H11F3S. The van der Waals surface area contributed by atoms with Gasteiger partial charge in [-0.15, -0.1) is 0 Å². The minimum absolute atomic E-state index is 0.458. The van der Waals surface area contributed by atoms with E-state index >= 15 is 0 Å². The van der Waals surface area contributed by atoms with Gasteiger partial charge < -0.3 is 0 Å². The van der Waals surface area contributed by atoms with E-state index in [1.807, 2.05) is 0 Å². The van der Waals surface area contributed by atoms with Gasteiger partial charge in [-0.1, -0.05) is 26.1 Å².